The number of benzene rings is 3. The van der Waals surface area contributed by atoms with Crippen LogP contribution >= 0.6 is 0 Å². The van der Waals surface area contributed by atoms with E-state index >= 15 is 0 Å². The number of carbonyl (C=O) groups excluding carboxylic acids is 1. The molecule has 1 aliphatic carbocycles. The minimum Gasteiger partial charge on any atom is -0.493 e. The van der Waals surface area contributed by atoms with Gasteiger partial charge in [0.2, 0.25) is 0 Å². The third-order valence-electron chi connectivity index (χ3n) is 9.87. The van der Waals surface area contributed by atoms with Crippen LogP contribution in [0.2, 0.25) is 0 Å². The zero-order chi connectivity index (χ0) is 31.4. The molecule has 1 amide bonds. The van der Waals surface area contributed by atoms with Gasteiger partial charge in [-0.15, -0.1) is 0 Å². The van der Waals surface area contributed by atoms with Crippen LogP contribution < -0.4 is 18.9 Å². The Morgan fingerprint density at radius 2 is 1.50 bits per heavy atom. The van der Waals surface area contributed by atoms with Gasteiger partial charge in [-0.25, -0.2) is 4.79 Å². The molecule has 0 bridgehead atoms. The molecule has 3 aromatic carbocycles. The number of hydrogen-bond donors (Lipinski definition) is 0. The van der Waals surface area contributed by atoms with Crippen molar-refractivity contribution in [2.24, 2.45) is 11.8 Å². The molecule has 1 saturated carbocycles. The molecule has 1 aliphatic heterocycles. The van der Waals surface area contributed by atoms with Crippen LogP contribution in [0.5, 0.6) is 23.0 Å². The Kier molecular flexibility index (Phi) is 9.62. The highest BCUT2D eigenvalue weighted by Gasteiger charge is 2.43. The van der Waals surface area contributed by atoms with Crippen molar-refractivity contribution in [3.63, 3.8) is 0 Å². The Morgan fingerprint density at radius 3 is 2.18 bits per heavy atom. The van der Waals surface area contributed by atoms with Crippen molar-refractivity contribution in [1.29, 1.82) is 0 Å². The number of amides is 1. The van der Waals surface area contributed by atoms with Gasteiger partial charge in [-0.3, -0.25) is 0 Å². The normalized spacial score (nSPS) is 21.7. The van der Waals surface area contributed by atoms with Crippen LogP contribution in [0.25, 0.3) is 0 Å². The number of methoxy groups -OCH3 is 4. The van der Waals surface area contributed by atoms with Crippen LogP contribution in [0, 0.1) is 11.8 Å². The van der Waals surface area contributed by atoms with Crippen LogP contribution in [-0.2, 0) is 23.0 Å². The highest BCUT2D eigenvalue weighted by molar-refractivity contribution is 5.70. The zero-order valence-electron chi connectivity index (χ0n) is 27.2. The van der Waals surface area contributed by atoms with Crippen molar-refractivity contribution in [2.45, 2.75) is 70.4 Å². The maximum Gasteiger partial charge on any atom is 0.410 e. The summed E-state index contributed by atoms with van der Waals surface area (Å²) in [6.45, 7) is 7.40. The fourth-order valence-corrected chi connectivity index (χ4v) is 7.26. The van der Waals surface area contributed by atoms with Crippen molar-refractivity contribution in [3.8, 4) is 23.0 Å². The van der Waals surface area contributed by atoms with Gasteiger partial charge < -0.3 is 28.6 Å². The molecule has 3 aromatic rings. The van der Waals surface area contributed by atoms with Gasteiger partial charge in [0, 0.05) is 12.5 Å². The van der Waals surface area contributed by atoms with Crippen molar-refractivity contribution >= 4 is 6.09 Å². The zero-order valence-corrected chi connectivity index (χ0v) is 27.2. The average molecular weight is 602 g/mol. The molecule has 44 heavy (non-hydrogen) atoms. The molecule has 0 N–H and O–H groups in total. The molecule has 0 radical (unpaired) electrons. The van der Waals surface area contributed by atoms with E-state index in [0.29, 0.717) is 48.3 Å². The highest BCUT2D eigenvalue weighted by Crippen LogP contribution is 2.45. The van der Waals surface area contributed by atoms with E-state index in [2.05, 4.69) is 51.1 Å². The lowest BCUT2D eigenvalue weighted by atomic mass is 9.64. The van der Waals surface area contributed by atoms with Crippen LogP contribution in [0.15, 0.2) is 60.7 Å². The summed E-state index contributed by atoms with van der Waals surface area (Å²) in [7, 11) is 6.55. The largest absolute Gasteiger partial charge is 0.493 e. The maximum atomic E-state index is 14.3. The summed E-state index contributed by atoms with van der Waals surface area (Å²) in [6.07, 6.45) is 3.87. The molecule has 7 nitrogen and oxygen atoms in total. The van der Waals surface area contributed by atoms with E-state index in [1.807, 2.05) is 35.2 Å². The highest BCUT2D eigenvalue weighted by atomic mass is 16.6. The van der Waals surface area contributed by atoms with Gasteiger partial charge >= 0.3 is 6.09 Å². The molecule has 0 spiro atoms. The van der Waals surface area contributed by atoms with E-state index in [9.17, 15) is 4.79 Å². The smallest absolute Gasteiger partial charge is 0.410 e. The summed E-state index contributed by atoms with van der Waals surface area (Å²) >= 11 is 0. The van der Waals surface area contributed by atoms with Gasteiger partial charge in [-0.05, 0) is 83.5 Å². The lowest BCUT2D eigenvalue weighted by Crippen LogP contribution is -2.47. The van der Waals surface area contributed by atoms with Gasteiger partial charge in [0.05, 0.1) is 34.5 Å². The van der Waals surface area contributed by atoms with E-state index in [4.69, 9.17) is 23.7 Å². The summed E-state index contributed by atoms with van der Waals surface area (Å²) in [5, 5.41) is 0. The Hall–Kier alpha value is -3.87. The van der Waals surface area contributed by atoms with E-state index in [-0.39, 0.29) is 29.6 Å². The first-order valence-electron chi connectivity index (χ1n) is 15.7. The molecule has 236 valence electrons. The Balaban J connectivity index is 1.48. The molecule has 2 aliphatic rings. The first-order valence-corrected chi connectivity index (χ1v) is 15.7. The first kappa shape index (κ1) is 31.6. The van der Waals surface area contributed by atoms with Gasteiger partial charge in [-0.2, -0.15) is 0 Å². The Labute approximate surface area is 262 Å². The monoisotopic (exact) mass is 601 g/mol. The lowest BCUT2D eigenvalue weighted by Gasteiger charge is -2.45. The first-order chi connectivity index (χ1) is 21.2. The van der Waals surface area contributed by atoms with E-state index in [1.54, 1.807) is 28.4 Å². The predicted molar refractivity (Wildman–Crippen MR) is 172 cm³/mol. The summed E-state index contributed by atoms with van der Waals surface area (Å²) in [4.78, 5) is 16.2. The van der Waals surface area contributed by atoms with Crippen molar-refractivity contribution in [3.05, 3.63) is 82.9 Å². The molecular weight excluding hydrogens is 554 g/mol. The molecule has 0 unspecified atom stereocenters. The summed E-state index contributed by atoms with van der Waals surface area (Å²) in [5.41, 5.74) is 4.36. The van der Waals surface area contributed by atoms with Gasteiger partial charge in [0.1, 0.15) is 6.10 Å². The molecule has 0 saturated heterocycles. The molecule has 4 atom stereocenters. The number of ether oxygens (including phenoxy) is 5. The van der Waals surface area contributed by atoms with Crippen LogP contribution in [0.4, 0.5) is 4.79 Å². The van der Waals surface area contributed by atoms with E-state index in [0.717, 1.165) is 36.0 Å². The van der Waals surface area contributed by atoms with Gasteiger partial charge in [0.25, 0.3) is 0 Å². The van der Waals surface area contributed by atoms with Crippen LogP contribution in [-0.4, -0.2) is 52.1 Å². The minimum absolute atomic E-state index is 0.135. The lowest BCUT2D eigenvalue weighted by molar-refractivity contribution is -0.0239. The van der Waals surface area contributed by atoms with Crippen LogP contribution in [0.1, 0.15) is 68.3 Å². The summed E-state index contributed by atoms with van der Waals surface area (Å²) in [6, 6.07) is 20.4. The molecule has 1 heterocycles. The Bertz CT molecular complexity index is 1440. The number of rotatable bonds is 9. The number of hydrogen-bond acceptors (Lipinski definition) is 6. The topological polar surface area (TPSA) is 66.5 Å². The van der Waals surface area contributed by atoms with Crippen LogP contribution in [0.3, 0.4) is 0 Å². The second-order valence-corrected chi connectivity index (χ2v) is 12.8. The fourth-order valence-electron chi connectivity index (χ4n) is 7.26. The maximum absolute atomic E-state index is 14.3. The number of fused-ring (bicyclic) bond motifs is 1. The summed E-state index contributed by atoms with van der Waals surface area (Å²) < 4.78 is 29.0. The second-order valence-electron chi connectivity index (χ2n) is 12.8. The number of nitrogens with zero attached hydrogens (tertiary/aromatic N) is 1. The fraction of sp³-hybridized carbons (Fsp3) is 0.486. The third-order valence-corrected chi connectivity index (χ3v) is 9.87. The predicted octanol–water partition coefficient (Wildman–Crippen LogP) is 7.78. The number of carbonyl (C=O) groups is 1. The minimum atomic E-state index is -0.260. The SMILES string of the molecule is COc1ccc(C[C@@H]2c3cc(OC)c(OC)cc3CCN2C(=O)O[C@@H]2C[C@H](C)CC[C@H]2C(C)(C)c2ccccc2)cc1OC. The summed E-state index contributed by atoms with van der Waals surface area (Å²) in [5.74, 6) is 3.37. The van der Waals surface area contributed by atoms with Crippen molar-refractivity contribution < 1.29 is 28.5 Å². The van der Waals surface area contributed by atoms with E-state index in [1.165, 1.54) is 5.56 Å². The standard InChI is InChI=1S/C37H47NO6/c1-24-13-15-29(37(2,3)27-11-9-8-10-12-27)32(19-24)44-36(39)38-18-17-26-22-34(42-6)35(43-7)23-28(26)30(38)20-25-14-16-31(40-4)33(21-25)41-5/h8-12,14,16,21-24,29-30,32H,13,15,17-20H2,1-7H3/t24-,29-,30-,32-/m1/s1. The van der Waals surface area contributed by atoms with Gasteiger partial charge in [0.15, 0.2) is 23.0 Å². The Morgan fingerprint density at radius 1 is 0.841 bits per heavy atom. The van der Waals surface area contributed by atoms with Crippen molar-refractivity contribution in [2.75, 3.05) is 35.0 Å². The molecular formula is C37H47NO6. The molecule has 5 rings (SSSR count). The molecule has 7 heteroatoms. The van der Waals surface area contributed by atoms with Crippen molar-refractivity contribution in [1.82, 2.24) is 4.90 Å². The molecule has 0 aromatic heterocycles. The van der Waals surface area contributed by atoms with E-state index < -0.39 is 0 Å². The second kappa shape index (κ2) is 13.4. The quantitative estimate of drug-likeness (QED) is 0.250. The molecule has 1 fully saturated rings. The third kappa shape index (κ3) is 6.33. The average Bonchev–Trinajstić information content (AvgIpc) is 3.04. The van der Waals surface area contributed by atoms with Gasteiger partial charge in [-0.1, -0.05) is 63.6 Å².